The Morgan fingerprint density at radius 2 is 1.67 bits per heavy atom. The summed E-state index contributed by atoms with van der Waals surface area (Å²) in [6.45, 7) is 2.02. The number of amides is 2. The molecule has 2 heterocycles. The van der Waals surface area contributed by atoms with Gasteiger partial charge in [-0.2, -0.15) is 5.10 Å². The molecule has 1 N–H and O–H groups in total. The molecule has 1 fully saturated rings. The molecule has 9 heteroatoms. The molecule has 0 saturated carbocycles. The lowest BCUT2D eigenvalue weighted by atomic mass is 9.98. The molecule has 2 aliphatic heterocycles. The Labute approximate surface area is 217 Å². The summed E-state index contributed by atoms with van der Waals surface area (Å²) in [6.07, 6.45) is 0.532. The minimum atomic E-state index is -0.764. The Bertz CT molecular complexity index is 1360. The average molecular weight is 521 g/mol. The van der Waals surface area contributed by atoms with Crippen molar-refractivity contribution in [1.29, 1.82) is 5.41 Å². The van der Waals surface area contributed by atoms with Gasteiger partial charge in [-0.25, -0.2) is 14.3 Å². The maximum absolute atomic E-state index is 13.3. The van der Waals surface area contributed by atoms with Crippen LogP contribution in [0.15, 0.2) is 77.9 Å². The van der Waals surface area contributed by atoms with Gasteiger partial charge in [-0.1, -0.05) is 65.3 Å². The topological polar surface area (TPSA) is 76.8 Å². The second-order valence-corrected chi connectivity index (χ2v) is 10.3. The van der Waals surface area contributed by atoms with Gasteiger partial charge in [0.2, 0.25) is 11.8 Å². The fourth-order valence-corrected chi connectivity index (χ4v) is 5.41. The van der Waals surface area contributed by atoms with Crippen LogP contribution in [0.1, 0.15) is 35.6 Å². The molecule has 6 nitrogen and oxygen atoms in total. The van der Waals surface area contributed by atoms with Crippen molar-refractivity contribution >= 4 is 51.7 Å². The zero-order valence-electron chi connectivity index (χ0n) is 19.3. The first-order chi connectivity index (χ1) is 17.3. The molecule has 3 aromatic carbocycles. The standard InChI is InChI=1S/C27H22ClFN4O2S/c1-16-2-4-17(5-3-16)22-14-23(18-6-8-19(28)9-7-18)33(31-22)27(30)36-24-15-25(34)32(26(24)35)21-12-10-20(29)11-13-21/h2-13,23-24,30H,14-15H2,1H3. The van der Waals surface area contributed by atoms with E-state index in [1.807, 2.05) is 43.3 Å². The zero-order chi connectivity index (χ0) is 25.4. The van der Waals surface area contributed by atoms with Gasteiger partial charge in [0.15, 0.2) is 5.17 Å². The molecule has 2 amide bonds. The van der Waals surface area contributed by atoms with Crippen LogP contribution in [0.5, 0.6) is 0 Å². The summed E-state index contributed by atoms with van der Waals surface area (Å²) in [4.78, 5) is 26.8. The highest BCUT2D eigenvalue weighted by atomic mass is 35.5. The van der Waals surface area contributed by atoms with Crippen LogP contribution in [0.4, 0.5) is 10.1 Å². The van der Waals surface area contributed by atoms with Crippen molar-refractivity contribution in [3.05, 3.63) is 100 Å². The molecule has 36 heavy (non-hydrogen) atoms. The van der Waals surface area contributed by atoms with E-state index in [1.165, 1.54) is 24.3 Å². The van der Waals surface area contributed by atoms with Crippen LogP contribution in [0, 0.1) is 18.2 Å². The number of carbonyl (C=O) groups is 2. The van der Waals surface area contributed by atoms with Crippen molar-refractivity contribution in [2.24, 2.45) is 5.10 Å². The number of anilines is 1. The third-order valence-corrected chi connectivity index (χ3v) is 7.52. The van der Waals surface area contributed by atoms with E-state index in [9.17, 15) is 14.0 Å². The highest BCUT2D eigenvalue weighted by Gasteiger charge is 2.42. The highest BCUT2D eigenvalue weighted by molar-refractivity contribution is 8.14. The number of aryl methyl sites for hydroxylation is 1. The molecule has 0 spiro atoms. The van der Waals surface area contributed by atoms with Crippen LogP contribution < -0.4 is 4.90 Å². The molecule has 0 aromatic heterocycles. The number of nitrogens with zero attached hydrogens (tertiary/aromatic N) is 3. The second-order valence-electron chi connectivity index (χ2n) is 8.69. The molecular formula is C27H22ClFN4O2S. The van der Waals surface area contributed by atoms with E-state index >= 15 is 0 Å². The van der Waals surface area contributed by atoms with Gasteiger partial charge in [-0.05, 0) is 54.4 Å². The summed E-state index contributed by atoms with van der Waals surface area (Å²) < 4.78 is 13.3. The van der Waals surface area contributed by atoms with E-state index in [0.717, 1.165) is 39.1 Å². The molecule has 0 aliphatic carbocycles. The first kappa shape index (κ1) is 24.2. The lowest BCUT2D eigenvalue weighted by Gasteiger charge is -2.24. The first-order valence-corrected chi connectivity index (χ1v) is 12.6. The van der Waals surface area contributed by atoms with Gasteiger partial charge in [0.1, 0.15) is 11.1 Å². The third-order valence-electron chi connectivity index (χ3n) is 6.20. The summed E-state index contributed by atoms with van der Waals surface area (Å²) in [5.41, 5.74) is 4.21. The predicted octanol–water partition coefficient (Wildman–Crippen LogP) is 5.94. The zero-order valence-corrected chi connectivity index (χ0v) is 20.9. The van der Waals surface area contributed by atoms with Crippen LogP contribution in [0.2, 0.25) is 5.02 Å². The fraction of sp³-hybridized carbons (Fsp3) is 0.185. The van der Waals surface area contributed by atoms with E-state index in [-0.39, 0.29) is 23.5 Å². The van der Waals surface area contributed by atoms with Crippen molar-refractivity contribution in [2.45, 2.75) is 31.1 Å². The maximum Gasteiger partial charge on any atom is 0.247 e. The van der Waals surface area contributed by atoms with Crippen LogP contribution in [0.25, 0.3) is 0 Å². The monoisotopic (exact) mass is 520 g/mol. The average Bonchev–Trinajstić information content (AvgIpc) is 3.42. The van der Waals surface area contributed by atoms with Crippen LogP contribution in [-0.2, 0) is 9.59 Å². The number of rotatable bonds is 4. The van der Waals surface area contributed by atoms with E-state index in [4.69, 9.17) is 22.1 Å². The summed E-state index contributed by atoms with van der Waals surface area (Å²) >= 11 is 7.10. The Morgan fingerprint density at radius 3 is 2.33 bits per heavy atom. The molecule has 182 valence electrons. The number of carbonyl (C=O) groups excluding carboxylic acids is 2. The minimum absolute atomic E-state index is 0.0444. The molecule has 3 aromatic rings. The fourth-order valence-electron chi connectivity index (χ4n) is 4.31. The number of thioether (sulfide) groups is 1. The number of benzene rings is 3. The van der Waals surface area contributed by atoms with Crippen molar-refractivity contribution in [3.63, 3.8) is 0 Å². The van der Waals surface area contributed by atoms with Crippen molar-refractivity contribution in [3.8, 4) is 0 Å². The van der Waals surface area contributed by atoms with Gasteiger partial charge in [0, 0.05) is 17.9 Å². The number of hydrogen-bond acceptors (Lipinski definition) is 5. The Kier molecular flexibility index (Phi) is 6.64. The van der Waals surface area contributed by atoms with E-state index in [2.05, 4.69) is 0 Å². The predicted molar refractivity (Wildman–Crippen MR) is 141 cm³/mol. The highest BCUT2D eigenvalue weighted by Crippen LogP contribution is 2.38. The van der Waals surface area contributed by atoms with Crippen LogP contribution in [0.3, 0.4) is 0 Å². The van der Waals surface area contributed by atoms with Gasteiger partial charge in [-0.3, -0.25) is 15.0 Å². The molecular weight excluding hydrogens is 499 g/mol. The maximum atomic E-state index is 13.3. The molecule has 5 rings (SSSR count). The molecule has 2 aliphatic rings. The van der Waals surface area contributed by atoms with Crippen molar-refractivity contribution < 1.29 is 14.0 Å². The van der Waals surface area contributed by atoms with E-state index in [1.54, 1.807) is 17.1 Å². The molecule has 2 unspecified atom stereocenters. The number of imide groups is 1. The summed E-state index contributed by atoms with van der Waals surface area (Å²) in [6, 6.07) is 20.4. The normalized spacial score (nSPS) is 19.7. The minimum Gasteiger partial charge on any atom is -0.277 e. The number of hydrazone groups is 1. The van der Waals surface area contributed by atoms with Gasteiger partial charge >= 0.3 is 0 Å². The van der Waals surface area contributed by atoms with Crippen LogP contribution >= 0.6 is 23.4 Å². The third kappa shape index (κ3) is 4.79. The number of amidine groups is 1. The largest absolute Gasteiger partial charge is 0.277 e. The van der Waals surface area contributed by atoms with Gasteiger partial charge in [0.25, 0.3) is 0 Å². The Hall–Kier alpha value is -3.49. The Morgan fingerprint density at radius 1 is 1.00 bits per heavy atom. The lowest BCUT2D eigenvalue weighted by Crippen LogP contribution is -2.32. The molecule has 2 atom stereocenters. The number of hydrogen-bond donors (Lipinski definition) is 1. The lowest BCUT2D eigenvalue weighted by molar-refractivity contribution is -0.121. The summed E-state index contributed by atoms with van der Waals surface area (Å²) in [5.74, 6) is -1.25. The molecule has 0 radical (unpaired) electrons. The first-order valence-electron chi connectivity index (χ1n) is 11.4. The van der Waals surface area contributed by atoms with Gasteiger partial charge in [0.05, 0.1) is 17.4 Å². The van der Waals surface area contributed by atoms with E-state index < -0.39 is 17.0 Å². The summed E-state index contributed by atoms with van der Waals surface area (Å²) in [7, 11) is 0. The van der Waals surface area contributed by atoms with Crippen molar-refractivity contribution in [1.82, 2.24) is 5.01 Å². The molecule has 1 saturated heterocycles. The van der Waals surface area contributed by atoms with Crippen molar-refractivity contribution in [2.75, 3.05) is 4.90 Å². The Balaban J connectivity index is 1.39. The van der Waals surface area contributed by atoms with Crippen LogP contribution in [-0.4, -0.2) is 33.0 Å². The van der Waals surface area contributed by atoms with Gasteiger partial charge < -0.3 is 0 Å². The molecule has 0 bridgehead atoms. The van der Waals surface area contributed by atoms with E-state index in [0.29, 0.717) is 17.1 Å². The SMILES string of the molecule is Cc1ccc(C2=NN(C(=N)SC3CC(=O)N(c4ccc(F)cc4)C3=O)C(c3ccc(Cl)cc3)C2)cc1. The smallest absolute Gasteiger partial charge is 0.247 e. The quantitative estimate of drug-likeness (QED) is 0.262. The summed E-state index contributed by atoms with van der Waals surface area (Å²) in [5, 5.41) is 15.1. The number of halogens is 2. The number of nitrogens with one attached hydrogen (secondary N) is 1. The second kappa shape index (κ2) is 9.87. The van der Waals surface area contributed by atoms with Gasteiger partial charge in [-0.15, -0.1) is 0 Å².